The van der Waals surface area contributed by atoms with E-state index < -0.39 is 46.5 Å². The van der Waals surface area contributed by atoms with Crippen LogP contribution in [0.2, 0.25) is 0 Å². The molecule has 0 saturated carbocycles. The van der Waals surface area contributed by atoms with Crippen LogP contribution in [-0.2, 0) is 9.59 Å². The lowest BCUT2D eigenvalue weighted by atomic mass is 9.81. The van der Waals surface area contributed by atoms with Gasteiger partial charge in [-0.15, -0.1) is 0 Å². The second-order valence-electron chi connectivity index (χ2n) is 7.04. The molecular weight excluding hydrogens is 380 g/mol. The molecule has 0 amide bonds. The van der Waals surface area contributed by atoms with Crippen LogP contribution in [0.25, 0.3) is 0 Å². The number of carbonyl (C=O) groups excluding carboxylic acids is 4. The van der Waals surface area contributed by atoms with Crippen molar-refractivity contribution in [2.75, 3.05) is 0 Å². The topological polar surface area (TPSA) is 127 Å². The van der Waals surface area contributed by atoms with Crippen molar-refractivity contribution in [2.24, 2.45) is 5.92 Å². The summed E-state index contributed by atoms with van der Waals surface area (Å²) in [4.78, 5) is 50.8. The fraction of sp³-hybridized carbons (Fsp3) is 0.238. The Kier molecular flexibility index (Phi) is 4.15. The van der Waals surface area contributed by atoms with E-state index in [4.69, 9.17) is 9.47 Å². The van der Waals surface area contributed by atoms with Gasteiger partial charge in [0, 0.05) is 11.6 Å². The van der Waals surface area contributed by atoms with Crippen molar-refractivity contribution in [1.29, 1.82) is 0 Å². The highest BCUT2D eigenvalue weighted by Crippen LogP contribution is 2.46. The maximum atomic E-state index is 13.2. The minimum atomic E-state index is -0.802. The van der Waals surface area contributed by atoms with Crippen molar-refractivity contribution in [3.8, 4) is 23.0 Å². The number of ether oxygens (including phenoxy) is 2. The quantitative estimate of drug-likeness (QED) is 0.474. The van der Waals surface area contributed by atoms with Crippen molar-refractivity contribution in [2.45, 2.75) is 26.7 Å². The van der Waals surface area contributed by atoms with E-state index in [1.54, 1.807) is 13.8 Å². The molecule has 8 heteroatoms. The summed E-state index contributed by atoms with van der Waals surface area (Å²) in [5.41, 5.74) is -0.602. The van der Waals surface area contributed by atoms with Gasteiger partial charge in [0.15, 0.2) is 17.3 Å². The number of fused-ring (bicyclic) bond motifs is 4. The maximum absolute atomic E-state index is 13.2. The predicted molar refractivity (Wildman–Crippen MR) is 97.5 cm³/mol. The molecule has 8 nitrogen and oxygen atoms in total. The van der Waals surface area contributed by atoms with E-state index in [0.717, 1.165) is 6.07 Å². The van der Waals surface area contributed by atoms with E-state index >= 15 is 0 Å². The van der Waals surface area contributed by atoms with Crippen LogP contribution >= 0.6 is 0 Å². The number of ketones is 2. The van der Waals surface area contributed by atoms with Crippen LogP contribution in [0.15, 0.2) is 18.2 Å². The standard InChI is InChI=1S/C21H16O8/c1-3-9-6-14(24)28-13-7-12(23)16-17(20(13)29-21(9)27)18(25)10-4-8(2)5-11(22)15(10)19(16)26/h4-5,7,9,22-23H,3,6H2,1-2H3. The molecule has 0 saturated heterocycles. The number of esters is 2. The van der Waals surface area contributed by atoms with E-state index in [-0.39, 0.29) is 34.6 Å². The number of carbonyl (C=O) groups is 4. The summed E-state index contributed by atoms with van der Waals surface area (Å²) in [6, 6.07) is 3.70. The van der Waals surface area contributed by atoms with Crippen molar-refractivity contribution < 1.29 is 38.9 Å². The molecule has 29 heavy (non-hydrogen) atoms. The molecule has 2 N–H and O–H groups in total. The van der Waals surface area contributed by atoms with Crippen LogP contribution in [0.4, 0.5) is 0 Å². The molecule has 2 aromatic rings. The van der Waals surface area contributed by atoms with Crippen LogP contribution in [-0.4, -0.2) is 33.7 Å². The van der Waals surface area contributed by atoms with E-state index in [0.29, 0.717) is 12.0 Å². The molecule has 0 bridgehead atoms. The molecule has 1 unspecified atom stereocenters. The summed E-state index contributed by atoms with van der Waals surface area (Å²) >= 11 is 0. The fourth-order valence-corrected chi connectivity index (χ4v) is 3.64. The number of hydrogen-bond donors (Lipinski definition) is 2. The lowest BCUT2D eigenvalue weighted by molar-refractivity contribution is -0.147. The molecule has 1 aliphatic heterocycles. The zero-order valence-corrected chi connectivity index (χ0v) is 15.6. The molecule has 2 aromatic carbocycles. The normalized spacial score (nSPS) is 18.1. The summed E-state index contributed by atoms with van der Waals surface area (Å²) in [5, 5.41) is 20.6. The average Bonchev–Trinajstić information content (AvgIpc) is 2.64. The second kappa shape index (κ2) is 6.44. The Hall–Kier alpha value is -3.68. The summed E-state index contributed by atoms with van der Waals surface area (Å²) in [5.74, 6) is -5.51. The lowest BCUT2D eigenvalue weighted by Gasteiger charge is -2.25. The first-order valence-electron chi connectivity index (χ1n) is 8.98. The van der Waals surface area contributed by atoms with Gasteiger partial charge < -0.3 is 19.7 Å². The van der Waals surface area contributed by atoms with Crippen LogP contribution in [0, 0.1) is 12.8 Å². The van der Waals surface area contributed by atoms with Gasteiger partial charge in [-0.2, -0.15) is 0 Å². The summed E-state index contributed by atoms with van der Waals surface area (Å²) in [6.07, 6.45) is 0.0989. The van der Waals surface area contributed by atoms with Crippen LogP contribution in [0.5, 0.6) is 23.0 Å². The number of phenolic OH excluding ortho intramolecular Hbond substituents is 2. The fourth-order valence-electron chi connectivity index (χ4n) is 3.64. The van der Waals surface area contributed by atoms with E-state index in [1.165, 1.54) is 12.1 Å². The molecule has 1 aliphatic carbocycles. The third-order valence-electron chi connectivity index (χ3n) is 5.08. The summed E-state index contributed by atoms with van der Waals surface area (Å²) < 4.78 is 10.6. The van der Waals surface area contributed by atoms with E-state index in [9.17, 15) is 29.4 Å². The predicted octanol–water partition coefficient (Wildman–Crippen LogP) is 2.42. The molecule has 0 radical (unpaired) electrons. The minimum Gasteiger partial charge on any atom is -0.507 e. The highest BCUT2D eigenvalue weighted by Gasteiger charge is 2.41. The Morgan fingerprint density at radius 1 is 0.931 bits per heavy atom. The summed E-state index contributed by atoms with van der Waals surface area (Å²) in [6.45, 7) is 3.33. The molecule has 0 aromatic heterocycles. The maximum Gasteiger partial charge on any atom is 0.315 e. The molecule has 0 fully saturated rings. The molecule has 1 heterocycles. The monoisotopic (exact) mass is 396 g/mol. The molecule has 1 atom stereocenters. The van der Waals surface area contributed by atoms with Gasteiger partial charge in [-0.3, -0.25) is 19.2 Å². The number of benzene rings is 2. The number of aryl methyl sites for hydroxylation is 1. The molecular formula is C21H16O8. The molecule has 148 valence electrons. The highest BCUT2D eigenvalue weighted by molar-refractivity contribution is 6.31. The van der Waals surface area contributed by atoms with Gasteiger partial charge in [0.1, 0.15) is 11.5 Å². The third kappa shape index (κ3) is 2.75. The smallest absolute Gasteiger partial charge is 0.315 e. The SMILES string of the molecule is CCC1CC(=O)Oc2cc(O)c3c(c2OC1=O)C(=O)c1cc(C)cc(O)c1C3=O. The zero-order chi connectivity index (χ0) is 21.0. The van der Waals surface area contributed by atoms with Crippen molar-refractivity contribution in [3.63, 3.8) is 0 Å². The van der Waals surface area contributed by atoms with E-state index in [1.807, 2.05) is 0 Å². The van der Waals surface area contributed by atoms with E-state index in [2.05, 4.69) is 0 Å². The average molecular weight is 396 g/mol. The van der Waals surface area contributed by atoms with Gasteiger partial charge >= 0.3 is 11.9 Å². The van der Waals surface area contributed by atoms with Crippen LogP contribution in [0.3, 0.4) is 0 Å². The Morgan fingerprint density at radius 2 is 1.62 bits per heavy atom. The van der Waals surface area contributed by atoms with Gasteiger partial charge in [0.25, 0.3) is 0 Å². The van der Waals surface area contributed by atoms with Gasteiger partial charge in [-0.05, 0) is 31.0 Å². The van der Waals surface area contributed by atoms with Gasteiger partial charge in [0.2, 0.25) is 5.78 Å². The van der Waals surface area contributed by atoms with Crippen molar-refractivity contribution >= 4 is 23.5 Å². The molecule has 2 aliphatic rings. The minimum absolute atomic E-state index is 0.0933. The largest absolute Gasteiger partial charge is 0.507 e. The molecule has 0 spiro atoms. The van der Waals surface area contributed by atoms with Crippen molar-refractivity contribution in [1.82, 2.24) is 0 Å². The zero-order valence-electron chi connectivity index (χ0n) is 15.6. The van der Waals surface area contributed by atoms with Gasteiger partial charge in [-0.1, -0.05) is 6.92 Å². The number of hydrogen-bond acceptors (Lipinski definition) is 8. The first kappa shape index (κ1) is 18.7. The Bertz CT molecular complexity index is 1130. The Morgan fingerprint density at radius 3 is 2.31 bits per heavy atom. The summed E-state index contributed by atoms with van der Waals surface area (Å²) in [7, 11) is 0. The number of phenols is 2. The van der Waals surface area contributed by atoms with Crippen molar-refractivity contribution in [3.05, 3.63) is 46.0 Å². The van der Waals surface area contributed by atoms with Crippen LogP contribution < -0.4 is 9.47 Å². The highest BCUT2D eigenvalue weighted by atomic mass is 16.6. The Labute approximate surface area is 164 Å². The second-order valence-corrected chi connectivity index (χ2v) is 7.04. The van der Waals surface area contributed by atoms with Crippen LogP contribution in [0.1, 0.15) is 57.2 Å². The Balaban J connectivity index is 2.00. The lowest BCUT2D eigenvalue weighted by Crippen LogP contribution is -2.30. The number of aromatic hydroxyl groups is 2. The first-order valence-corrected chi connectivity index (χ1v) is 8.98. The van der Waals surface area contributed by atoms with Gasteiger partial charge in [-0.25, -0.2) is 0 Å². The molecule has 4 rings (SSSR count). The van der Waals surface area contributed by atoms with Gasteiger partial charge in [0.05, 0.1) is 29.0 Å². The first-order chi connectivity index (χ1) is 13.7. The number of rotatable bonds is 1. The third-order valence-corrected chi connectivity index (χ3v) is 5.08.